The molecule has 0 amide bonds. The Labute approximate surface area is 169 Å². The lowest BCUT2D eigenvalue weighted by Gasteiger charge is -2.24. The summed E-state index contributed by atoms with van der Waals surface area (Å²) in [5.74, 6) is 0.438. The lowest BCUT2D eigenvalue weighted by molar-refractivity contribution is -0.0272. The second kappa shape index (κ2) is 6.13. The third-order valence-electron chi connectivity index (χ3n) is 6.05. The van der Waals surface area contributed by atoms with Crippen LogP contribution in [0, 0.1) is 15.4 Å². The minimum atomic E-state index is -0.924. The van der Waals surface area contributed by atoms with Crippen LogP contribution in [-0.4, -0.2) is 48.7 Å². The first kappa shape index (κ1) is 17.4. The van der Waals surface area contributed by atoms with E-state index >= 15 is 0 Å². The number of aliphatic hydroxyl groups is 3. The van der Waals surface area contributed by atoms with Gasteiger partial charge in [-0.2, -0.15) is 0 Å². The van der Waals surface area contributed by atoms with Gasteiger partial charge in [0.1, 0.15) is 23.9 Å². The van der Waals surface area contributed by atoms with E-state index in [1.165, 1.54) is 6.33 Å². The molecular formula is C19H19IN4O3. The summed E-state index contributed by atoms with van der Waals surface area (Å²) in [6, 6.07) is 9.80. The zero-order valence-corrected chi connectivity index (χ0v) is 16.5. The van der Waals surface area contributed by atoms with Crippen LogP contribution in [-0.2, 0) is 5.54 Å². The van der Waals surface area contributed by atoms with Gasteiger partial charge in [-0.1, -0.05) is 18.2 Å². The number of fused-ring (bicyclic) bond motifs is 2. The van der Waals surface area contributed by atoms with E-state index in [4.69, 9.17) is 0 Å². The summed E-state index contributed by atoms with van der Waals surface area (Å²) in [6.45, 7) is -0.128. The number of aromatic nitrogens is 3. The van der Waals surface area contributed by atoms with Crippen LogP contribution in [0.3, 0.4) is 0 Å². The lowest BCUT2D eigenvalue weighted by Crippen LogP contribution is -2.38. The van der Waals surface area contributed by atoms with Crippen molar-refractivity contribution in [3.63, 3.8) is 0 Å². The number of aliphatic hydroxyl groups excluding tert-OH is 3. The molecule has 2 aliphatic carbocycles. The van der Waals surface area contributed by atoms with Crippen molar-refractivity contribution in [2.45, 2.75) is 24.2 Å². The fourth-order valence-electron chi connectivity index (χ4n) is 4.67. The monoisotopic (exact) mass is 478 g/mol. The first-order valence-corrected chi connectivity index (χ1v) is 9.97. The maximum Gasteiger partial charge on any atom is 0.147 e. The maximum atomic E-state index is 10.7. The summed E-state index contributed by atoms with van der Waals surface area (Å²) < 4.78 is 2.95. The van der Waals surface area contributed by atoms with Gasteiger partial charge in [0.15, 0.2) is 0 Å². The highest BCUT2D eigenvalue weighted by Crippen LogP contribution is 2.64. The van der Waals surface area contributed by atoms with Crippen molar-refractivity contribution in [1.82, 2.24) is 14.5 Å². The zero-order chi connectivity index (χ0) is 18.8. The molecule has 2 fully saturated rings. The average Bonchev–Trinajstić information content (AvgIpc) is 3.26. The van der Waals surface area contributed by atoms with Crippen molar-refractivity contribution in [2.75, 3.05) is 11.9 Å². The molecule has 8 heteroatoms. The van der Waals surface area contributed by atoms with Crippen LogP contribution in [0.5, 0.6) is 0 Å². The lowest BCUT2D eigenvalue weighted by atomic mass is 10.0. The molecule has 5 rings (SSSR count). The maximum absolute atomic E-state index is 10.7. The van der Waals surface area contributed by atoms with Crippen LogP contribution < -0.4 is 5.32 Å². The summed E-state index contributed by atoms with van der Waals surface area (Å²) in [5.41, 5.74) is 1.05. The first-order chi connectivity index (χ1) is 13.1. The molecule has 5 atom stereocenters. The number of anilines is 2. The van der Waals surface area contributed by atoms with Crippen molar-refractivity contribution >= 4 is 45.1 Å². The topological polar surface area (TPSA) is 103 Å². The summed E-state index contributed by atoms with van der Waals surface area (Å²) in [6.07, 6.45) is 2.35. The Morgan fingerprint density at radius 3 is 2.70 bits per heavy atom. The van der Waals surface area contributed by atoms with Gasteiger partial charge in [-0.05, 0) is 47.1 Å². The van der Waals surface area contributed by atoms with E-state index in [2.05, 4.69) is 37.9 Å². The Bertz CT molecular complexity index is 1010. The van der Waals surface area contributed by atoms with Crippen LogP contribution in [0.15, 0.2) is 42.9 Å². The minimum absolute atomic E-state index is 0.0411. The van der Waals surface area contributed by atoms with Gasteiger partial charge in [0.05, 0.1) is 17.0 Å². The second-order valence-electron chi connectivity index (χ2n) is 7.34. The molecule has 1 aromatic carbocycles. The van der Waals surface area contributed by atoms with E-state index in [0.717, 1.165) is 26.7 Å². The molecule has 0 aliphatic heterocycles. The number of benzene rings is 1. The van der Waals surface area contributed by atoms with Gasteiger partial charge < -0.3 is 25.2 Å². The van der Waals surface area contributed by atoms with E-state index in [9.17, 15) is 15.3 Å². The van der Waals surface area contributed by atoms with E-state index < -0.39 is 17.7 Å². The highest BCUT2D eigenvalue weighted by molar-refractivity contribution is 14.1. The zero-order valence-electron chi connectivity index (χ0n) is 14.3. The highest BCUT2D eigenvalue weighted by Gasteiger charge is 2.72. The molecule has 27 heavy (non-hydrogen) atoms. The molecule has 0 spiro atoms. The van der Waals surface area contributed by atoms with Crippen LogP contribution in [0.25, 0.3) is 11.0 Å². The second-order valence-corrected chi connectivity index (χ2v) is 8.50. The molecule has 0 radical (unpaired) electrons. The number of para-hydroxylation sites is 1. The average molecular weight is 478 g/mol. The Morgan fingerprint density at radius 2 is 2.00 bits per heavy atom. The summed E-state index contributed by atoms with van der Waals surface area (Å²) in [7, 11) is 0. The summed E-state index contributed by atoms with van der Waals surface area (Å²) in [5, 5.41) is 34.9. The molecule has 0 unspecified atom stereocenters. The quantitative estimate of drug-likeness (QED) is 0.427. The fourth-order valence-corrected chi connectivity index (χ4v) is 5.44. The van der Waals surface area contributed by atoms with Crippen molar-refractivity contribution in [2.24, 2.45) is 11.8 Å². The first-order valence-electron chi connectivity index (χ1n) is 8.89. The largest absolute Gasteiger partial charge is 0.396 e. The number of nitrogens with one attached hydrogen (secondary N) is 1. The molecule has 140 valence electrons. The van der Waals surface area contributed by atoms with Crippen LogP contribution in [0.1, 0.15) is 6.42 Å². The van der Waals surface area contributed by atoms with Crippen molar-refractivity contribution in [1.29, 1.82) is 0 Å². The van der Waals surface area contributed by atoms with E-state index in [-0.39, 0.29) is 18.4 Å². The molecule has 3 aromatic rings. The Hall–Kier alpha value is -1.75. The van der Waals surface area contributed by atoms with Crippen molar-refractivity contribution in [3.05, 3.63) is 46.4 Å². The predicted octanol–water partition coefficient (Wildman–Crippen LogP) is 1.84. The smallest absolute Gasteiger partial charge is 0.147 e. The standard InChI is InChI=1S/C19H19IN4O3/c20-13-7-24(19-6-12(19)11(8-25)15(26)16(19)27)18-14(13)17(21-9-22-18)23-10-4-2-1-3-5-10/h1-5,7,9,11-12,15-16,25-27H,6,8H2,(H,21,22,23)/t11-,12-,15+,16+,19+/m0/s1. The SMILES string of the molecule is OC[C@@H]1[C@@H](O)[C@@H](O)[C@@]2(n3cc(I)c4c(Nc5ccccc5)ncnc43)C[C@@H]12. The predicted molar refractivity (Wildman–Crippen MR) is 109 cm³/mol. The van der Waals surface area contributed by atoms with Gasteiger partial charge in [0.25, 0.3) is 0 Å². The van der Waals surface area contributed by atoms with Gasteiger partial charge in [-0.3, -0.25) is 0 Å². The van der Waals surface area contributed by atoms with E-state index in [1.54, 1.807) is 0 Å². The number of hydrogen-bond donors (Lipinski definition) is 4. The molecule has 2 saturated carbocycles. The van der Waals surface area contributed by atoms with Gasteiger partial charge in [0, 0.05) is 28.0 Å². The Kier molecular flexibility index (Phi) is 3.94. The van der Waals surface area contributed by atoms with Crippen molar-refractivity contribution in [3.8, 4) is 0 Å². The van der Waals surface area contributed by atoms with Gasteiger partial charge in [-0.15, -0.1) is 0 Å². The molecule has 2 aliphatic rings. The number of nitrogens with zero attached hydrogens (tertiary/aromatic N) is 3. The van der Waals surface area contributed by atoms with Crippen LogP contribution in [0.4, 0.5) is 11.5 Å². The van der Waals surface area contributed by atoms with Gasteiger partial charge >= 0.3 is 0 Å². The van der Waals surface area contributed by atoms with E-state index in [1.807, 2.05) is 41.1 Å². The van der Waals surface area contributed by atoms with Gasteiger partial charge in [-0.25, -0.2) is 9.97 Å². The molecule has 2 aromatic heterocycles. The molecular weight excluding hydrogens is 459 g/mol. The summed E-state index contributed by atoms with van der Waals surface area (Å²) in [4.78, 5) is 8.90. The third kappa shape index (κ3) is 2.36. The molecule has 7 nitrogen and oxygen atoms in total. The number of hydrogen-bond acceptors (Lipinski definition) is 6. The molecule has 4 N–H and O–H groups in total. The third-order valence-corrected chi connectivity index (χ3v) is 6.87. The summed E-state index contributed by atoms with van der Waals surface area (Å²) >= 11 is 2.25. The number of halogens is 1. The highest BCUT2D eigenvalue weighted by atomic mass is 127. The minimum Gasteiger partial charge on any atom is -0.396 e. The van der Waals surface area contributed by atoms with Crippen LogP contribution >= 0.6 is 22.6 Å². The normalized spacial score (nSPS) is 31.9. The van der Waals surface area contributed by atoms with Gasteiger partial charge in [0.2, 0.25) is 0 Å². The fraction of sp³-hybridized carbons (Fsp3) is 0.368. The molecule has 0 saturated heterocycles. The van der Waals surface area contributed by atoms with Crippen LogP contribution in [0.2, 0.25) is 0 Å². The Morgan fingerprint density at radius 1 is 1.22 bits per heavy atom. The molecule has 2 heterocycles. The van der Waals surface area contributed by atoms with E-state index in [0.29, 0.717) is 5.82 Å². The molecule has 0 bridgehead atoms. The Balaban J connectivity index is 1.62. The number of rotatable bonds is 4. The van der Waals surface area contributed by atoms with Crippen molar-refractivity contribution < 1.29 is 15.3 Å².